The Bertz CT molecular complexity index is 542. The predicted molar refractivity (Wildman–Crippen MR) is 85.8 cm³/mol. The smallest absolute Gasteiger partial charge is 0.178 e. The van der Waals surface area contributed by atoms with E-state index in [0.29, 0.717) is 5.41 Å². The van der Waals surface area contributed by atoms with Crippen molar-refractivity contribution in [3.8, 4) is 0 Å². The second-order valence-corrected chi connectivity index (χ2v) is 8.84. The van der Waals surface area contributed by atoms with Crippen LogP contribution in [0.5, 0.6) is 0 Å². The highest BCUT2D eigenvalue weighted by atomic mass is 16.1. The molecular formula is C20H28O. The van der Waals surface area contributed by atoms with Crippen molar-refractivity contribution in [2.24, 2.45) is 34.5 Å². The van der Waals surface area contributed by atoms with Crippen LogP contribution < -0.4 is 0 Å². The normalized spacial score (nSPS) is 52.0. The summed E-state index contributed by atoms with van der Waals surface area (Å²) < 4.78 is 0. The van der Waals surface area contributed by atoms with Crippen LogP contribution in [0.1, 0.15) is 59.3 Å². The zero-order valence-electron chi connectivity index (χ0n) is 13.7. The Balaban J connectivity index is 1.70. The van der Waals surface area contributed by atoms with Crippen molar-refractivity contribution in [3.05, 3.63) is 23.8 Å². The molecule has 114 valence electrons. The van der Waals surface area contributed by atoms with Gasteiger partial charge in [0, 0.05) is 5.41 Å². The Kier molecular flexibility index (Phi) is 2.85. The Morgan fingerprint density at radius 3 is 2.81 bits per heavy atom. The van der Waals surface area contributed by atoms with Gasteiger partial charge in [-0.2, -0.15) is 0 Å². The van der Waals surface area contributed by atoms with Crippen molar-refractivity contribution >= 4 is 5.78 Å². The molecule has 1 heteroatoms. The molecule has 0 amide bonds. The van der Waals surface area contributed by atoms with Gasteiger partial charge in [0.25, 0.3) is 0 Å². The first kappa shape index (κ1) is 13.8. The van der Waals surface area contributed by atoms with Crippen LogP contribution in [-0.2, 0) is 4.79 Å². The van der Waals surface area contributed by atoms with Crippen LogP contribution in [-0.4, -0.2) is 5.78 Å². The molecule has 0 saturated heterocycles. The summed E-state index contributed by atoms with van der Waals surface area (Å²) in [6, 6.07) is 0. The molecule has 0 aromatic rings. The first-order valence-electron chi connectivity index (χ1n) is 8.87. The quantitative estimate of drug-likeness (QED) is 0.616. The van der Waals surface area contributed by atoms with Crippen molar-refractivity contribution in [1.29, 1.82) is 0 Å². The Morgan fingerprint density at radius 2 is 2.00 bits per heavy atom. The van der Waals surface area contributed by atoms with Gasteiger partial charge in [0.15, 0.2) is 5.78 Å². The topological polar surface area (TPSA) is 17.1 Å². The van der Waals surface area contributed by atoms with Crippen molar-refractivity contribution in [3.63, 3.8) is 0 Å². The first-order valence-corrected chi connectivity index (χ1v) is 8.87. The SMILES string of the molecule is CC1CC2C3CCC4=CC(=O)C=CC4(C)C3CCC2(C)C1. The van der Waals surface area contributed by atoms with E-state index in [2.05, 4.69) is 26.8 Å². The van der Waals surface area contributed by atoms with Crippen LogP contribution in [0.4, 0.5) is 0 Å². The van der Waals surface area contributed by atoms with E-state index in [0.717, 1.165) is 30.1 Å². The summed E-state index contributed by atoms with van der Waals surface area (Å²) >= 11 is 0. The van der Waals surface area contributed by atoms with E-state index in [1.54, 1.807) is 0 Å². The number of ketones is 1. The fraction of sp³-hybridized carbons (Fsp3) is 0.750. The summed E-state index contributed by atoms with van der Waals surface area (Å²) in [6.07, 6.45) is 14.1. The molecule has 4 rings (SSSR count). The van der Waals surface area contributed by atoms with Gasteiger partial charge in [-0.1, -0.05) is 32.4 Å². The number of allylic oxidation sites excluding steroid dienone is 4. The lowest BCUT2D eigenvalue weighted by molar-refractivity contribution is -0.111. The largest absolute Gasteiger partial charge is 0.290 e. The molecule has 1 nitrogen and oxygen atoms in total. The molecule has 0 spiro atoms. The molecule has 0 radical (unpaired) electrons. The number of carbonyl (C=O) groups excluding carboxylic acids is 1. The summed E-state index contributed by atoms with van der Waals surface area (Å²) in [6.45, 7) is 7.42. The maximum atomic E-state index is 11.7. The average molecular weight is 284 g/mol. The van der Waals surface area contributed by atoms with Gasteiger partial charge in [0.05, 0.1) is 0 Å². The minimum atomic E-state index is 0.171. The van der Waals surface area contributed by atoms with Crippen LogP contribution in [0.15, 0.2) is 23.8 Å². The van der Waals surface area contributed by atoms with Gasteiger partial charge in [-0.05, 0) is 79.8 Å². The molecule has 3 saturated carbocycles. The summed E-state index contributed by atoms with van der Waals surface area (Å²) in [5.41, 5.74) is 2.20. The summed E-state index contributed by atoms with van der Waals surface area (Å²) in [5, 5.41) is 0. The summed E-state index contributed by atoms with van der Waals surface area (Å²) in [5.74, 6) is 3.69. The molecule has 4 aliphatic carbocycles. The zero-order valence-corrected chi connectivity index (χ0v) is 13.7. The van der Waals surface area contributed by atoms with Crippen molar-refractivity contribution in [1.82, 2.24) is 0 Å². The Labute approximate surface area is 128 Å². The number of hydrogen-bond donors (Lipinski definition) is 0. The highest BCUT2D eigenvalue weighted by molar-refractivity contribution is 6.01. The van der Waals surface area contributed by atoms with Gasteiger partial charge in [0.2, 0.25) is 0 Å². The molecule has 0 N–H and O–H groups in total. The minimum Gasteiger partial charge on any atom is -0.290 e. The van der Waals surface area contributed by atoms with Gasteiger partial charge >= 0.3 is 0 Å². The van der Waals surface area contributed by atoms with Crippen LogP contribution in [0.3, 0.4) is 0 Å². The second-order valence-electron chi connectivity index (χ2n) is 8.84. The number of fused-ring (bicyclic) bond motifs is 5. The maximum absolute atomic E-state index is 11.7. The van der Waals surface area contributed by atoms with E-state index in [1.165, 1.54) is 37.7 Å². The minimum absolute atomic E-state index is 0.171. The molecule has 21 heavy (non-hydrogen) atoms. The Hall–Kier alpha value is -0.850. The molecule has 0 bridgehead atoms. The van der Waals surface area contributed by atoms with Gasteiger partial charge in [0.1, 0.15) is 0 Å². The Morgan fingerprint density at radius 1 is 1.19 bits per heavy atom. The molecule has 0 aromatic carbocycles. The van der Waals surface area contributed by atoms with Crippen LogP contribution in [0, 0.1) is 34.5 Å². The van der Waals surface area contributed by atoms with E-state index in [-0.39, 0.29) is 11.2 Å². The van der Waals surface area contributed by atoms with E-state index in [9.17, 15) is 4.79 Å². The number of carbonyl (C=O) groups is 1. The molecule has 6 unspecified atom stereocenters. The third kappa shape index (κ3) is 1.85. The van der Waals surface area contributed by atoms with Gasteiger partial charge in [-0.15, -0.1) is 0 Å². The average Bonchev–Trinajstić information content (AvgIpc) is 2.74. The van der Waals surface area contributed by atoms with Crippen LogP contribution in [0.25, 0.3) is 0 Å². The van der Waals surface area contributed by atoms with Gasteiger partial charge in [-0.3, -0.25) is 4.79 Å². The first-order chi connectivity index (χ1) is 9.92. The zero-order chi connectivity index (χ0) is 14.8. The highest BCUT2D eigenvalue weighted by Crippen LogP contribution is 2.65. The predicted octanol–water partition coefficient (Wildman–Crippen LogP) is 4.93. The number of rotatable bonds is 0. The fourth-order valence-corrected chi connectivity index (χ4v) is 6.62. The van der Waals surface area contributed by atoms with Crippen LogP contribution >= 0.6 is 0 Å². The molecule has 0 heterocycles. The van der Waals surface area contributed by atoms with Crippen molar-refractivity contribution < 1.29 is 4.79 Å². The summed E-state index contributed by atoms with van der Waals surface area (Å²) in [4.78, 5) is 11.7. The second kappa shape index (κ2) is 4.33. The molecule has 0 aliphatic heterocycles. The van der Waals surface area contributed by atoms with Crippen LogP contribution in [0.2, 0.25) is 0 Å². The molecule has 6 atom stereocenters. The fourth-order valence-electron chi connectivity index (χ4n) is 6.62. The van der Waals surface area contributed by atoms with Crippen molar-refractivity contribution in [2.75, 3.05) is 0 Å². The third-order valence-corrected chi connectivity index (χ3v) is 7.55. The lowest BCUT2D eigenvalue weighted by Crippen LogP contribution is -2.48. The molecule has 4 aliphatic rings. The lowest BCUT2D eigenvalue weighted by atomic mass is 9.48. The van der Waals surface area contributed by atoms with E-state index >= 15 is 0 Å². The molecule has 3 fully saturated rings. The van der Waals surface area contributed by atoms with E-state index in [1.807, 2.05) is 12.2 Å². The third-order valence-electron chi connectivity index (χ3n) is 7.55. The van der Waals surface area contributed by atoms with Crippen molar-refractivity contribution in [2.45, 2.75) is 59.3 Å². The monoisotopic (exact) mass is 284 g/mol. The number of hydrogen-bond acceptors (Lipinski definition) is 1. The standard InChI is InChI=1S/C20H28O/c1-13-10-18-16-5-4-14-11-15(21)6-9-20(14,3)17(16)7-8-19(18,2)12-13/h6,9,11,13,16-18H,4-5,7-8,10,12H2,1-3H3. The van der Waals surface area contributed by atoms with E-state index < -0.39 is 0 Å². The van der Waals surface area contributed by atoms with E-state index in [4.69, 9.17) is 0 Å². The lowest BCUT2D eigenvalue weighted by Gasteiger charge is -2.56. The maximum Gasteiger partial charge on any atom is 0.178 e. The van der Waals surface area contributed by atoms with Gasteiger partial charge < -0.3 is 0 Å². The highest BCUT2D eigenvalue weighted by Gasteiger charge is 2.56. The molecular weight excluding hydrogens is 256 g/mol. The summed E-state index contributed by atoms with van der Waals surface area (Å²) in [7, 11) is 0. The molecule has 0 aromatic heterocycles. The van der Waals surface area contributed by atoms with Gasteiger partial charge in [-0.25, -0.2) is 0 Å².